The molecule has 0 aromatic carbocycles. The first-order chi connectivity index (χ1) is 9.07. The van der Waals surface area contributed by atoms with Crippen molar-refractivity contribution in [2.45, 2.75) is 38.1 Å². The molecule has 2 rings (SSSR count). The molecule has 0 radical (unpaired) electrons. The van der Waals surface area contributed by atoms with Crippen molar-refractivity contribution < 1.29 is 14.3 Å². The Morgan fingerprint density at radius 3 is 2.58 bits per heavy atom. The molecule has 0 unspecified atom stereocenters. The largest absolute Gasteiger partial charge is 0.467 e. The summed E-state index contributed by atoms with van der Waals surface area (Å²) in [5.41, 5.74) is 0.511. The summed E-state index contributed by atoms with van der Waals surface area (Å²) in [6.45, 7) is 1.87. The first kappa shape index (κ1) is 13.5. The van der Waals surface area contributed by atoms with Gasteiger partial charge in [0.1, 0.15) is 5.54 Å². The highest BCUT2D eigenvalue weighted by Gasteiger charge is 2.43. The SMILES string of the molecule is COC(=O)C1(NC(=O)c2cncc(C)c2)CCCC1. The minimum absolute atomic E-state index is 0.275. The number of aryl methyl sites for hydroxylation is 1. The molecule has 1 saturated carbocycles. The quantitative estimate of drug-likeness (QED) is 0.840. The van der Waals surface area contributed by atoms with E-state index in [1.807, 2.05) is 6.92 Å². The maximum absolute atomic E-state index is 12.2. The Kier molecular flexibility index (Phi) is 3.83. The van der Waals surface area contributed by atoms with Crippen molar-refractivity contribution >= 4 is 11.9 Å². The number of pyridine rings is 1. The van der Waals surface area contributed by atoms with Gasteiger partial charge in [-0.25, -0.2) is 4.79 Å². The average Bonchev–Trinajstić information content (AvgIpc) is 2.87. The number of amides is 1. The Hall–Kier alpha value is -1.91. The van der Waals surface area contributed by atoms with Crippen molar-refractivity contribution in [3.8, 4) is 0 Å². The maximum Gasteiger partial charge on any atom is 0.331 e. The molecule has 0 bridgehead atoms. The molecule has 1 heterocycles. The smallest absolute Gasteiger partial charge is 0.331 e. The van der Waals surface area contributed by atoms with E-state index in [9.17, 15) is 9.59 Å². The van der Waals surface area contributed by atoms with Crippen LogP contribution in [-0.4, -0.2) is 29.5 Å². The molecule has 5 nitrogen and oxygen atoms in total. The Morgan fingerprint density at radius 2 is 2.00 bits per heavy atom. The molecular formula is C14H18N2O3. The highest BCUT2D eigenvalue weighted by Crippen LogP contribution is 2.31. The van der Waals surface area contributed by atoms with Crippen LogP contribution in [0.15, 0.2) is 18.5 Å². The van der Waals surface area contributed by atoms with Crippen LogP contribution in [0.4, 0.5) is 0 Å². The van der Waals surface area contributed by atoms with E-state index in [0.29, 0.717) is 18.4 Å². The molecule has 0 saturated heterocycles. The second kappa shape index (κ2) is 5.38. The third kappa shape index (κ3) is 2.75. The van der Waals surface area contributed by atoms with E-state index < -0.39 is 5.54 Å². The zero-order chi connectivity index (χ0) is 13.9. The van der Waals surface area contributed by atoms with Gasteiger partial charge in [-0.1, -0.05) is 12.8 Å². The number of rotatable bonds is 3. The number of ether oxygens (including phenoxy) is 1. The second-order valence-electron chi connectivity index (χ2n) is 4.99. The third-order valence-corrected chi connectivity index (χ3v) is 3.52. The molecule has 0 spiro atoms. The van der Waals surface area contributed by atoms with E-state index in [-0.39, 0.29) is 11.9 Å². The van der Waals surface area contributed by atoms with Crippen molar-refractivity contribution in [1.29, 1.82) is 0 Å². The predicted octanol–water partition coefficient (Wildman–Crippen LogP) is 1.61. The van der Waals surface area contributed by atoms with E-state index in [1.54, 1.807) is 12.3 Å². The molecule has 1 aliphatic carbocycles. The first-order valence-electron chi connectivity index (χ1n) is 6.40. The van der Waals surface area contributed by atoms with Gasteiger partial charge in [0.05, 0.1) is 12.7 Å². The lowest BCUT2D eigenvalue weighted by Crippen LogP contribution is -2.53. The molecule has 1 N–H and O–H groups in total. The van der Waals surface area contributed by atoms with Crippen LogP contribution in [0.2, 0.25) is 0 Å². The Balaban J connectivity index is 2.18. The summed E-state index contributed by atoms with van der Waals surface area (Å²) in [5.74, 6) is -0.637. The van der Waals surface area contributed by atoms with Crippen LogP contribution in [0.5, 0.6) is 0 Å². The zero-order valence-electron chi connectivity index (χ0n) is 11.2. The fourth-order valence-electron chi connectivity index (χ4n) is 2.52. The van der Waals surface area contributed by atoms with Gasteiger partial charge in [0.25, 0.3) is 5.91 Å². The zero-order valence-corrected chi connectivity index (χ0v) is 11.2. The lowest BCUT2D eigenvalue weighted by Gasteiger charge is -2.27. The number of aromatic nitrogens is 1. The topological polar surface area (TPSA) is 68.3 Å². The standard InChI is InChI=1S/C14H18N2O3/c1-10-7-11(9-15-8-10)12(17)16-14(13(18)19-2)5-3-4-6-14/h7-9H,3-6H2,1-2H3,(H,16,17). The molecule has 19 heavy (non-hydrogen) atoms. The van der Waals surface area contributed by atoms with Crippen molar-refractivity contribution in [1.82, 2.24) is 10.3 Å². The van der Waals surface area contributed by atoms with Gasteiger partial charge in [-0.3, -0.25) is 9.78 Å². The molecule has 0 aliphatic heterocycles. The molecule has 1 aromatic heterocycles. The minimum atomic E-state index is -0.865. The minimum Gasteiger partial charge on any atom is -0.467 e. The number of methoxy groups -OCH3 is 1. The summed E-state index contributed by atoms with van der Waals surface area (Å²) in [7, 11) is 1.35. The molecule has 1 amide bonds. The molecule has 102 valence electrons. The van der Waals surface area contributed by atoms with Crippen LogP contribution in [0.1, 0.15) is 41.6 Å². The summed E-state index contributed by atoms with van der Waals surface area (Å²) in [5, 5.41) is 2.83. The van der Waals surface area contributed by atoms with Gasteiger partial charge in [-0.15, -0.1) is 0 Å². The summed E-state index contributed by atoms with van der Waals surface area (Å²) in [4.78, 5) is 28.1. The number of hydrogen-bond donors (Lipinski definition) is 1. The van der Waals surface area contributed by atoms with Gasteiger partial charge >= 0.3 is 5.97 Å². The van der Waals surface area contributed by atoms with Crippen LogP contribution in [-0.2, 0) is 9.53 Å². The van der Waals surface area contributed by atoms with Crippen LogP contribution in [0, 0.1) is 6.92 Å². The molecule has 1 fully saturated rings. The molecule has 1 aromatic rings. The van der Waals surface area contributed by atoms with Gasteiger partial charge < -0.3 is 10.1 Å². The van der Waals surface area contributed by atoms with Crippen LogP contribution >= 0.6 is 0 Å². The van der Waals surface area contributed by atoms with Gasteiger partial charge in [-0.05, 0) is 31.4 Å². The Labute approximate surface area is 112 Å². The van der Waals surface area contributed by atoms with E-state index in [2.05, 4.69) is 10.3 Å². The summed E-state index contributed by atoms with van der Waals surface area (Å²) in [6, 6.07) is 1.75. The van der Waals surface area contributed by atoms with Crippen molar-refractivity contribution in [3.05, 3.63) is 29.6 Å². The van der Waals surface area contributed by atoms with E-state index in [4.69, 9.17) is 4.74 Å². The predicted molar refractivity (Wildman–Crippen MR) is 69.7 cm³/mol. The second-order valence-corrected chi connectivity index (χ2v) is 4.99. The van der Waals surface area contributed by atoms with Crippen molar-refractivity contribution in [2.24, 2.45) is 0 Å². The number of carbonyl (C=O) groups is 2. The van der Waals surface area contributed by atoms with E-state index in [0.717, 1.165) is 18.4 Å². The monoisotopic (exact) mass is 262 g/mol. The van der Waals surface area contributed by atoms with Gasteiger partial charge in [0.2, 0.25) is 0 Å². The fourth-order valence-corrected chi connectivity index (χ4v) is 2.52. The lowest BCUT2D eigenvalue weighted by atomic mass is 9.97. The average molecular weight is 262 g/mol. The van der Waals surface area contributed by atoms with Gasteiger partial charge in [-0.2, -0.15) is 0 Å². The Morgan fingerprint density at radius 1 is 1.32 bits per heavy atom. The lowest BCUT2D eigenvalue weighted by molar-refractivity contribution is -0.148. The third-order valence-electron chi connectivity index (χ3n) is 3.52. The number of carbonyl (C=O) groups excluding carboxylic acids is 2. The number of nitrogens with one attached hydrogen (secondary N) is 1. The van der Waals surface area contributed by atoms with E-state index in [1.165, 1.54) is 13.3 Å². The summed E-state index contributed by atoms with van der Waals surface area (Å²) < 4.78 is 4.83. The molecule has 5 heteroatoms. The molecule has 0 atom stereocenters. The summed E-state index contributed by atoms with van der Waals surface area (Å²) in [6.07, 6.45) is 6.28. The highest BCUT2D eigenvalue weighted by atomic mass is 16.5. The molecular weight excluding hydrogens is 244 g/mol. The maximum atomic E-state index is 12.2. The number of hydrogen-bond acceptors (Lipinski definition) is 4. The van der Waals surface area contributed by atoms with E-state index >= 15 is 0 Å². The Bertz CT molecular complexity index is 493. The first-order valence-corrected chi connectivity index (χ1v) is 6.40. The number of nitrogens with zero attached hydrogens (tertiary/aromatic N) is 1. The van der Waals surface area contributed by atoms with Crippen molar-refractivity contribution in [3.63, 3.8) is 0 Å². The highest BCUT2D eigenvalue weighted by molar-refractivity contribution is 5.98. The van der Waals surface area contributed by atoms with Gasteiger partial charge in [0, 0.05) is 12.4 Å². The van der Waals surface area contributed by atoms with Gasteiger partial charge in [0.15, 0.2) is 0 Å². The fraction of sp³-hybridized carbons (Fsp3) is 0.500. The number of esters is 1. The normalized spacial score (nSPS) is 16.9. The van der Waals surface area contributed by atoms with Crippen LogP contribution in [0.25, 0.3) is 0 Å². The molecule has 1 aliphatic rings. The van der Waals surface area contributed by atoms with Crippen molar-refractivity contribution in [2.75, 3.05) is 7.11 Å². The van der Waals surface area contributed by atoms with Crippen LogP contribution in [0.3, 0.4) is 0 Å². The van der Waals surface area contributed by atoms with Crippen LogP contribution < -0.4 is 5.32 Å². The summed E-state index contributed by atoms with van der Waals surface area (Å²) >= 11 is 0.